The largest absolute Gasteiger partial charge is 0.464 e. The van der Waals surface area contributed by atoms with Gasteiger partial charge in [0.15, 0.2) is 0 Å². The standard InChI is InChI=1S/C13H21NO/c1-3-11-7-8-13(15-11)12(14-4-2)9-10-5-6-10/h7-8,10,12,14H,3-6,9H2,1-2H3. The summed E-state index contributed by atoms with van der Waals surface area (Å²) in [7, 11) is 0. The summed E-state index contributed by atoms with van der Waals surface area (Å²) in [6, 6.07) is 4.67. The molecule has 0 amide bonds. The lowest BCUT2D eigenvalue weighted by atomic mass is 10.1. The van der Waals surface area contributed by atoms with Crippen LogP contribution in [0.25, 0.3) is 0 Å². The van der Waals surface area contributed by atoms with Crippen LogP contribution in [-0.2, 0) is 6.42 Å². The normalized spacial score (nSPS) is 18.0. The molecule has 1 N–H and O–H groups in total. The molecular formula is C13H21NO. The predicted molar refractivity (Wildman–Crippen MR) is 61.8 cm³/mol. The van der Waals surface area contributed by atoms with Gasteiger partial charge >= 0.3 is 0 Å². The highest BCUT2D eigenvalue weighted by Gasteiger charge is 2.27. The molecule has 84 valence electrons. The smallest absolute Gasteiger partial charge is 0.121 e. The van der Waals surface area contributed by atoms with Gasteiger partial charge in [-0.25, -0.2) is 0 Å². The zero-order valence-electron chi connectivity index (χ0n) is 9.75. The zero-order chi connectivity index (χ0) is 10.7. The van der Waals surface area contributed by atoms with Crippen molar-refractivity contribution in [1.82, 2.24) is 5.32 Å². The maximum absolute atomic E-state index is 5.81. The Labute approximate surface area is 92.1 Å². The lowest BCUT2D eigenvalue weighted by Gasteiger charge is -2.14. The number of hydrogen-bond donors (Lipinski definition) is 1. The Morgan fingerprint density at radius 1 is 1.40 bits per heavy atom. The third-order valence-corrected chi connectivity index (χ3v) is 3.09. The fraction of sp³-hybridized carbons (Fsp3) is 0.692. The molecule has 1 fully saturated rings. The van der Waals surface area contributed by atoms with Gasteiger partial charge in [-0.2, -0.15) is 0 Å². The van der Waals surface area contributed by atoms with Crippen LogP contribution in [0.4, 0.5) is 0 Å². The quantitative estimate of drug-likeness (QED) is 0.774. The van der Waals surface area contributed by atoms with Gasteiger partial charge in [0.05, 0.1) is 6.04 Å². The Morgan fingerprint density at radius 3 is 2.73 bits per heavy atom. The van der Waals surface area contributed by atoms with Crippen LogP contribution in [0.2, 0.25) is 0 Å². The van der Waals surface area contributed by atoms with Gasteiger partial charge in [0.25, 0.3) is 0 Å². The first kappa shape index (κ1) is 10.7. The Morgan fingerprint density at radius 2 is 2.20 bits per heavy atom. The molecule has 15 heavy (non-hydrogen) atoms. The van der Waals surface area contributed by atoms with Crippen LogP contribution in [0.1, 0.15) is 50.7 Å². The van der Waals surface area contributed by atoms with E-state index in [4.69, 9.17) is 4.42 Å². The number of aryl methyl sites for hydroxylation is 1. The SMILES string of the molecule is CCNC(CC1CC1)c1ccc(CC)o1. The molecule has 1 saturated carbocycles. The summed E-state index contributed by atoms with van der Waals surface area (Å²) < 4.78 is 5.81. The number of nitrogens with one attached hydrogen (secondary N) is 1. The van der Waals surface area contributed by atoms with Gasteiger partial charge in [-0.1, -0.05) is 26.7 Å². The summed E-state index contributed by atoms with van der Waals surface area (Å²) in [5.74, 6) is 3.16. The first-order valence-electron chi connectivity index (χ1n) is 6.15. The summed E-state index contributed by atoms with van der Waals surface area (Å²) in [4.78, 5) is 0. The maximum atomic E-state index is 5.81. The van der Waals surface area contributed by atoms with Crippen LogP contribution in [0.15, 0.2) is 16.5 Å². The third kappa shape index (κ3) is 2.85. The Balaban J connectivity index is 2.00. The second-order valence-corrected chi connectivity index (χ2v) is 4.45. The summed E-state index contributed by atoms with van der Waals surface area (Å²) >= 11 is 0. The van der Waals surface area contributed by atoms with E-state index in [-0.39, 0.29) is 0 Å². The van der Waals surface area contributed by atoms with Crippen LogP contribution in [-0.4, -0.2) is 6.54 Å². The molecule has 1 aliphatic rings. The first-order valence-corrected chi connectivity index (χ1v) is 6.15. The zero-order valence-corrected chi connectivity index (χ0v) is 9.75. The van der Waals surface area contributed by atoms with Crippen molar-refractivity contribution in [2.24, 2.45) is 5.92 Å². The molecule has 0 aliphatic heterocycles. The summed E-state index contributed by atoms with van der Waals surface area (Å²) in [5, 5.41) is 3.51. The minimum Gasteiger partial charge on any atom is -0.464 e. The fourth-order valence-electron chi connectivity index (χ4n) is 2.01. The van der Waals surface area contributed by atoms with E-state index in [9.17, 15) is 0 Å². The molecule has 0 radical (unpaired) electrons. The van der Waals surface area contributed by atoms with Crippen molar-refractivity contribution in [1.29, 1.82) is 0 Å². The summed E-state index contributed by atoms with van der Waals surface area (Å²) in [5.41, 5.74) is 0. The van der Waals surface area contributed by atoms with E-state index in [1.807, 2.05) is 0 Å². The van der Waals surface area contributed by atoms with E-state index in [1.54, 1.807) is 0 Å². The molecule has 1 aromatic heterocycles. The predicted octanol–water partition coefficient (Wildman–Crippen LogP) is 3.29. The Hall–Kier alpha value is -0.760. The van der Waals surface area contributed by atoms with Crippen molar-refractivity contribution in [2.75, 3.05) is 6.54 Å². The van der Waals surface area contributed by atoms with Crippen molar-refractivity contribution in [3.63, 3.8) is 0 Å². The average Bonchev–Trinajstić information content (AvgIpc) is 2.94. The maximum Gasteiger partial charge on any atom is 0.121 e. The van der Waals surface area contributed by atoms with E-state index in [0.717, 1.165) is 30.4 Å². The fourth-order valence-corrected chi connectivity index (χ4v) is 2.01. The second-order valence-electron chi connectivity index (χ2n) is 4.45. The van der Waals surface area contributed by atoms with Crippen LogP contribution in [0.5, 0.6) is 0 Å². The van der Waals surface area contributed by atoms with Crippen molar-refractivity contribution in [3.8, 4) is 0 Å². The summed E-state index contributed by atoms with van der Waals surface area (Å²) in [6.45, 7) is 5.30. The van der Waals surface area contributed by atoms with E-state index < -0.39 is 0 Å². The molecule has 0 saturated heterocycles. The van der Waals surface area contributed by atoms with Crippen LogP contribution >= 0.6 is 0 Å². The molecule has 2 heteroatoms. The van der Waals surface area contributed by atoms with E-state index >= 15 is 0 Å². The molecule has 0 aromatic carbocycles. The lowest BCUT2D eigenvalue weighted by molar-refractivity contribution is 0.374. The highest BCUT2D eigenvalue weighted by atomic mass is 16.3. The molecule has 2 rings (SSSR count). The highest BCUT2D eigenvalue weighted by molar-refractivity contribution is 5.11. The lowest BCUT2D eigenvalue weighted by Crippen LogP contribution is -2.20. The number of hydrogen-bond acceptors (Lipinski definition) is 2. The van der Waals surface area contributed by atoms with E-state index in [2.05, 4.69) is 31.3 Å². The molecule has 0 spiro atoms. The average molecular weight is 207 g/mol. The topological polar surface area (TPSA) is 25.2 Å². The second kappa shape index (κ2) is 4.84. The number of rotatable bonds is 6. The Kier molecular flexibility index (Phi) is 3.47. The van der Waals surface area contributed by atoms with Gasteiger partial charge in [-0.15, -0.1) is 0 Å². The molecular weight excluding hydrogens is 186 g/mol. The van der Waals surface area contributed by atoms with Crippen LogP contribution < -0.4 is 5.32 Å². The molecule has 0 bridgehead atoms. The van der Waals surface area contributed by atoms with E-state index in [0.29, 0.717) is 6.04 Å². The Bertz CT molecular complexity index is 301. The van der Waals surface area contributed by atoms with Crippen molar-refractivity contribution >= 4 is 0 Å². The minimum atomic E-state index is 0.433. The molecule has 1 heterocycles. The molecule has 1 aliphatic carbocycles. The first-order chi connectivity index (χ1) is 7.33. The monoisotopic (exact) mass is 207 g/mol. The number of furan rings is 1. The van der Waals surface area contributed by atoms with Gasteiger partial charge in [-0.3, -0.25) is 0 Å². The molecule has 2 nitrogen and oxygen atoms in total. The highest BCUT2D eigenvalue weighted by Crippen LogP contribution is 2.37. The van der Waals surface area contributed by atoms with Crippen molar-refractivity contribution < 1.29 is 4.42 Å². The van der Waals surface area contributed by atoms with Crippen LogP contribution in [0.3, 0.4) is 0 Å². The summed E-state index contributed by atoms with van der Waals surface area (Å²) in [6.07, 6.45) is 5.04. The van der Waals surface area contributed by atoms with Gasteiger partial charge in [0, 0.05) is 6.42 Å². The van der Waals surface area contributed by atoms with Gasteiger partial charge in [0.2, 0.25) is 0 Å². The molecule has 1 atom stereocenters. The van der Waals surface area contributed by atoms with Crippen LogP contribution in [0, 0.1) is 5.92 Å². The van der Waals surface area contributed by atoms with Crippen molar-refractivity contribution in [2.45, 2.75) is 45.6 Å². The van der Waals surface area contributed by atoms with E-state index in [1.165, 1.54) is 19.3 Å². The van der Waals surface area contributed by atoms with Gasteiger partial charge < -0.3 is 9.73 Å². The molecule has 1 unspecified atom stereocenters. The minimum absolute atomic E-state index is 0.433. The van der Waals surface area contributed by atoms with Crippen molar-refractivity contribution in [3.05, 3.63) is 23.7 Å². The molecule has 1 aromatic rings. The van der Waals surface area contributed by atoms with Gasteiger partial charge in [-0.05, 0) is 31.0 Å². The third-order valence-electron chi connectivity index (χ3n) is 3.09. The van der Waals surface area contributed by atoms with Gasteiger partial charge in [0.1, 0.15) is 11.5 Å².